The standard InChI is InChI=1S/C15H20N2O3/c18-14(7-10-17-8-2-1-3-9-17)16-12-5-4-6-13-15(12)20-11-19-13/h4-6H,1-3,7-11H2,(H,16,18)/p+1. The predicted octanol–water partition coefficient (Wildman–Crippen LogP) is 0.813. The van der Waals surface area contributed by atoms with Crippen molar-refractivity contribution in [2.45, 2.75) is 25.7 Å². The topological polar surface area (TPSA) is 52.0 Å². The first-order valence-corrected chi connectivity index (χ1v) is 7.35. The van der Waals surface area contributed by atoms with Crippen LogP contribution < -0.4 is 19.7 Å². The smallest absolute Gasteiger partial charge is 0.231 e. The summed E-state index contributed by atoms with van der Waals surface area (Å²) >= 11 is 0. The maximum Gasteiger partial charge on any atom is 0.231 e. The number of rotatable bonds is 4. The summed E-state index contributed by atoms with van der Waals surface area (Å²) in [5.74, 6) is 1.39. The van der Waals surface area contributed by atoms with Gasteiger partial charge in [-0.1, -0.05) is 6.07 Å². The number of para-hydroxylation sites is 1. The summed E-state index contributed by atoms with van der Waals surface area (Å²) in [6, 6.07) is 5.55. The molecule has 108 valence electrons. The number of nitrogens with one attached hydrogen (secondary N) is 2. The van der Waals surface area contributed by atoms with Crippen LogP contribution in [0.2, 0.25) is 0 Å². The number of anilines is 1. The summed E-state index contributed by atoms with van der Waals surface area (Å²) in [4.78, 5) is 13.6. The van der Waals surface area contributed by atoms with E-state index < -0.39 is 0 Å². The Labute approximate surface area is 118 Å². The van der Waals surface area contributed by atoms with Crippen molar-refractivity contribution in [3.8, 4) is 11.5 Å². The van der Waals surface area contributed by atoms with Gasteiger partial charge in [0.1, 0.15) is 0 Å². The summed E-state index contributed by atoms with van der Waals surface area (Å²) in [7, 11) is 0. The lowest BCUT2D eigenvalue weighted by molar-refractivity contribution is -0.904. The normalized spacial score (nSPS) is 18.0. The van der Waals surface area contributed by atoms with Crippen LogP contribution in [0.5, 0.6) is 11.5 Å². The molecule has 0 saturated carbocycles. The second-order valence-electron chi connectivity index (χ2n) is 5.40. The molecule has 1 saturated heterocycles. The Morgan fingerprint density at radius 1 is 1.20 bits per heavy atom. The lowest BCUT2D eigenvalue weighted by Gasteiger charge is -2.23. The monoisotopic (exact) mass is 277 g/mol. The molecule has 1 aromatic carbocycles. The van der Waals surface area contributed by atoms with Crippen LogP contribution in [0.4, 0.5) is 5.69 Å². The molecular weight excluding hydrogens is 256 g/mol. The van der Waals surface area contributed by atoms with Crippen molar-refractivity contribution in [1.29, 1.82) is 0 Å². The fraction of sp³-hybridized carbons (Fsp3) is 0.533. The zero-order chi connectivity index (χ0) is 13.8. The van der Waals surface area contributed by atoms with Gasteiger partial charge < -0.3 is 19.7 Å². The largest absolute Gasteiger partial charge is 0.454 e. The third-order valence-electron chi connectivity index (χ3n) is 3.94. The highest BCUT2D eigenvalue weighted by Gasteiger charge is 2.19. The minimum absolute atomic E-state index is 0.0481. The summed E-state index contributed by atoms with van der Waals surface area (Å²) in [5, 5.41) is 2.92. The Hall–Kier alpha value is -1.75. The predicted molar refractivity (Wildman–Crippen MR) is 75.2 cm³/mol. The van der Waals surface area contributed by atoms with Crippen LogP contribution in [-0.2, 0) is 4.79 Å². The molecule has 5 heteroatoms. The van der Waals surface area contributed by atoms with Gasteiger partial charge in [-0.15, -0.1) is 0 Å². The Morgan fingerprint density at radius 2 is 2.05 bits per heavy atom. The first-order valence-electron chi connectivity index (χ1n) is 7.35. The van der Waals surface area contributed by atoms with Gasteiger partial charge >= 0.3 is 0 Å². The zero-order valence-corrected chi connectivity index (χ0v) is 11.6. The number of piperidine rings is 1. The third kappa shape index (κ3) is 3.04. The molecule has 1 fully saturated rings. The average molecular weight is 277 g/mol. The molecule has 0 spiro atoms. The molecule has 0 unspecified atom stereocenters. The van der Waals surface area contributed by atoms with Gasteiger partial charge in [0.2, 0.25) is 12.7 Å². The number of hydrogen-bond acceptors (Lipinski definition) is 3. The number of carbonyl (C=O) groups excluding carboxylic acids is 1. The molecule has 2 aliphatic rings. The van der Waals surface area contributed by atoms with Crippen LogP contribution in [0, 0.1) is 0 Å². The first-order chi connectivity index (χ1) is 9.83. The molecule has 3 rings (SSSR count). The summed E-state index contributed by atoms with van der Waals surface area (Å²) in [6.07, 6.45) is 4.46. The summed E-state index contributed by atoms with van der Waals surface area (Å²) in [6.45, 7) is 3.54. The van der Waals surface area contributed by atoms with Gasteiger partial charge in [0.15, 0.2) is 11.5 Å². The van der Waals surface area contributed by atoms with E-state index in [4.69, 9.17) is 9.47 Å². The first kappa shape index (κ1) is 13.2. The van der Waals surface area contributed by atoms with Gasteiger partial charge in [-0.05, 0) is 31.4 Å². The van der Waals surface area contributed by atoms with Crippen LogP contribution in [-0.4, -0.2) is 32.3 Å². The van der Waals surface area contributed by atoms with E-state index in [0.717, 1.165) is 6.54 Å². The number of quaternary nitrogens is 1. The molecule has 0 radical (unpaired) electrons. The van der Waals surface area contributed by atoms with E-state index in [1.807, 2.05) is 18.2 Å². The van der Waals surface area contributed by atoms with Crippen LogP contribution in [0.25, 0.3) is 0 Å². The maximum absolute atomic E-state index is 12.0. The van der Waals surface area contributed by atoms with E-state index in [9.17, 15) is 4.79 Å². The molecule has 2 heterocycles. The van der Waals surface area contributed by atoms with Gasteiger partial charge in [-0.3, -0.25) is 4.79 Å². The summed E-state index contributed by atoms with van der Waals surface area (Å²) in [5.41, 5.74) is 0.707. The van der Waals surface area contributed by atoms with Gasteiger partial charge in [0.25, 0.3) is 0 Å². The molecular formula is C15H21N2O3+. The van der Waals surface area contributed by atoms with Crippen molar-refractivity contribution in [2.24, 2.45) is 0 Å². The Morgan fingerprint density at radius 3 is 2.90 bits per heavy atom. The number of amides is 1. The molecule has 1 amide bonds. The molecule has 1 aromatic rings. The van der Waals surface area contributed by atoms with Crippen molar-refractivity contribution >= 4 is 11.6 Å². The summed E-state index contributed by atoms with van der Waals surface area (Å²) < 4.78 is 10.7. The van der Waals surface area contributed by atoms with Crippen molar-refractivity contribution in [1.82, 2.24) is 0 Å². The maximum atomic E-state index is 12.0. The lowest BCUT2D eigenvalue weighted by atomic mass is 10.1. The Kier molecular flexibility index (Phi) is 4.06. The lowest BCUT2D eigenvalue weighted by Crippen LogP contribution is -3.12. The van der Waals surface area contributed by atoms with Crippen LogP contribution in [0.3, 0.4) is 0 Å². The molecule has 0 aromatic heterocycles. The van der Waals surface area contributed by atoms with E-state index in [0.29, 0.717) is 23.6 Å². The quantitative estimate of drug-likeness (QED) is 0.856. The van der Waals surface area contributed by atoms with Gasteiger partial charge in [0, 0.05) is 0 Å². The van der Waals surface area contributed by atoms with Crippen molar-refractivity contribution in [3.05, 3.63) is 18.2 Å². The van der Waals surface area contributed by atoms with Crippen molar-refractivity contribution < 1.29 is 19.2 Å². The number of hydrogen-bond donors (Lipinski definition) is 2. The Bertz CT molecular complexity index is 484. The van der Waals surface area contributed by atoms with Gasteiger partial charge in [-0.25, -0.2) is 0 Å². The molecule has 20 heavy (non-hydrogen) atoms. The molecule has 0 aliphatic carbocycles. The van der Waals surface area contributed by atoms with Gasteiger partial charge in [-0.2, -0.15) is 0 Å². The third-order valence-corrected chi connectivity index (χ3v) is 3.94. The second kappa shape index (κ2) is 6.13. The van der Waals surface area contributed by atoms with E-state index in [2.05, 4.69) is 5.32 Å². The van der Waals surface area contributed by atoms with E-state index in [1.54, 1.807) is 4.90 Å². The number of likely N-dealkylation sites (tertiary alicyclic amines) is 1. The molecule has 0 bridgehead atoms. The molecule has 0 atom stereocenters. The van der Waals surface area contributed by atoms with Gasteiger partial charge in [0.05, 0.1) is 31.7 Å². The minimum Gasteiger partial charge on any atom is -0.454 e. The average Bonchev–Trinajstić information content (AvgIpc) is 2.96. The SMILES string of the molecule is O=C(CC[NH+]1CCCCC1)Nc1cccc2c1OCO2. The van der Waals surface area contributed by atoms with Crippen LogP contribution in [0.1, 0.15) is 25.7 Å². The molecule has 5 nitrogen and oxygen atoms in total. The fourth-order valence-electron chi connectivity index (χ4n) is 2.83. The highest BCUT2D eigenvalue weighted by molar-refractivity contribution is 5.93. The number of benzene rings is 1. The number of carbonyl (C=O) groups is 1. The van der Waals surface area contributed by atoms with E-state index in [1.165, 1.54) is 32.4 Å². The number of fused-ring (bicyclic) bond motifs is 1. The van der Waals surface area contributed by atoms with Crippen LogP contribution in [0.15, 0.2) is 18.2 Å². The van der Waals surface area contributed by atoms with E-state index in [-0.39, 0.29) is 12.7 Å². The zero-order valence-electron chi connectivity index (χ0n) is 11.6. The fourth-order valence-corrected chi connectivity index (χ4v) is 2.83. The molecule has 2 N–H and O–H groups in total. The van der Waals surface area contributed by atoms with Crippen molar-refractivity contribution in [3.63, 3.8) is 0 Å². The minimum atomic E-state index is 0.0481. The van der Waals surface area contributed by atoms with Crippen LogP contribution >= 0.6 is 0 Å². The Balaban J connectivity index is 1.52. The highest BCUT2D eigenvalue weighted by Crippen LogP contribution is 2.38. The number of ether oxygens (including phenoxy) is 2. The molecule has 2 aliphatic heterocycles. The van der Waals surface area contributed by atoms with Crippen molar-refractivity contribution in [2.75, 3.05) is 31.7 Å². The second-order valence-corrected chi connectivity index (χ2v) is 5.40. The highest BCUT2D eigenvalue weighted by atomic mass is 16.7. The van der Waals surface area contributed by atoms with E-state index >= 15 is 0 Å².